The van der Waals surface area contributed by atoms with Crippen LogP contribution in [0.2, 0.25) is 0 Å². The van der Waals surface area contributed by atoms with E-state index in [9.17, 15) is 9.59 Å². The molecule has 0 radical (unpaired) electrons. The molecule has 3 aromatic rings. The van der Waals surface area contributed by atoms with E-state index in [0.717, 1.165) is 29.4 Å². The van der Waals surface area contributed by atoms with Crippen LogP contribution < -0.4 is 10.4 Å². The second-order valence-electron chi connectivity index (χ2n) is 7.03. The van der Waals surface area contributed by atoms with Gasteiger partial charge in [0.05, 0.1) is 11.0 Å². The lowest BCUT2D eigenvalue weighted by Gasteiger charge is -2.32. The number of likely N-dealkylation sites (tertiary alicyclic amines) is 1. The Bertz CT molecular complexity index is 995. The van der Waals surface area contributed by atoms with Crippen LogP contribution in [0.15, 0.2) is 53.3 Å². The van der Waals surface area contributed by atoms with Crippen molar-refractivity contribution in [2.45, 2.75) is 25.8 Å². The molecule has 0 atom stereocenters. The number of aromatic amines is 1. The monoisotopic (exact) mass is 365 g/mol. The van der Waals surface area contributed by atoms with E-state index >= 15 is 0 Å². The fraction of sp³-hybridized carbons (Fsp3) is 0.333. The number of aryl methyl sites for hydroxylation is 1. The van der Waals surface area contributed by atoms with Crippen LogP contribution in [-0.4, -0.2) is 40.1 Å². The number of piperidine rings is 1. The summed E-state index contributed by atoms with van der Waals surface area (Å²) >= 11 is 0. The summed E-state index contributed by atoms with van der Waals surface area (Å²) in [6, 6.07) is 15.5. The molecule has 0 saturated carbocycles. The number of fused-ring (bicyclic) bond motifs is 1. The molecule has 0 spiro atoms. The number of aromatic nitrogens is 2. The number of hydrogen-bond donors (Lipinski definition) is 1. The minimum absolute atomic E-state index is 0.0136. The van der Waals surface area contributed by atoms with Crippen molar-refractivity contribution >= 4 is 16.9 Å². The molecule has 6 nitrogen and oxygen atoms in total. The molecule has 0 unspecified atom stereocenters. The second-order valence-corrected chi connectivity index (χ2v) is 7.03. The van der Waals surface area contributed by atoms with Gasteiger partial charge in [-0.15, -0.1) is 0 Å². The van der Waals surface area contributed by atoms with Gasteiger partial charge in [-0.25, -0.2) is 4.79 Å². The van der Waals surface area contributed by atoms with Crippen LogP contribution >= 0.6 is 0 Å². The summed E-state index contributed by atoms with van der Waals surface area (Å²) in [7, 11) is 0. The molecule has 140 valence electrons. The van der Waals surface area contributed by atoms with E-state index in [1.807, 2.05) is 64.9 Å². The summed E-state index contributed by atoms with van der Waals surface area (Å²) in [5.41, 5.74) is 2.86. The first kappa shape index (κ1) is 17.4. The molecule has 1 aromatic heterocycles. The number of ether oxygens (including phenoxy) is 1. The number of carbonyl (C=O) groups is 1. The fourth-order valence-corrected chi connectivity index (χ4v) is 3.68. The largest absolute Gasteiger partial charge is 0.484 e. The van der Waals surface area contributed by atoms with Gasteiger partial charge in [-0.2, -0.15) is 0 Å². The molecule has 1 amide bonds. The van der Waals surface area contributed by atoms with Crippen molar-refractivity contribution in [1.82, 2.24) is 14.5 Å². The summed E-state index contributed by atoms with van der Waals surface area (Å²) in [6.45, 7) is 3.32. The molecule has 1 aliphatic heterocycles. The molecular formula is C21H23N3O3. The van der Waals surface area contributed by atoms with Crippen LogP contribution in [-0.2, 0) is 4.79 Å². The zero-order valence-electron chi connectivity index (χ0n) is 15.4. The van der Waals surface area contributed by atoms with Crippen LogP contribution in [0.3, 0.4) is 0 Å². The first-order chi connectivity index (χ1) is 13.1. The van der Waals surface area contributed by atoms with Gasteiger partial charge in [-0.3, -0.25) is 9.36 Å². The zero-order valence-corrected chi connectivity index (χ0v) is 15.4. The van der Waals surface area contributed by atoms with E-state index in [4.69, 9.17) is 4.74 Å². The Morgan fingerprint density at radius 1 is 1.11 bits per heavy atom. The average Bonchev–Trinajstić information content (AvgIpc) is 3.03. The first-order valence-electron chi connectivity index (χ1n) is 9.28. The van der Waals surface area contributed by atoms with Gasteiger partial charge in [0.2, 0.25) is 0 Å². The van der Waals surface area contributed by atoms with Gasteiger partial charge >= 0.3 is 5.69 Å². The lowest BCUT2D eigenvalue weighted by molar-refractivity contribution is -0.134. The number of hydrogen-bond acceptors (Lipinski definition) is 3. The van der Waals surface area contributed by atoms with Gasteiger partial charge in [-0.05, 0) is 44.0 Å². The highest BCUT2D eigenvalue weighted by molar-refractivity contribution is 5.78. The topological polar surface area (TPSA) is 67.3 Å². The van der Waals surface area contributed by atoms with E-state index < -0.39 is 0 Å². The standard InChI is InChI=1S/C21H23N3O3/c1-15-6-8-17(9-7-15)27-14-20(25)23-12-10-16(11-13-23)24-19-5-3-2-4-18(19)22-21(24)26/h2-9,16H,10-14H2,1H3,(H,22,26). The van der Waals surface area contributed by atoms with Crippen LogP contribution in [0.1, 0.15) is 24.4 Å². The Balaban J connectivity index is 1.37. The number of H-pyrrole nitrogens is 1. The normalized spacial score (nSPS) is 15.2. The maximum atomic E-state index is 12.4. The fourth-order valence-electron chi connectivity index (χ4n) is 3.68. The van der Waals surface area contributed by atoms with Gasteiger partial charge in [0, 0.05) is 19.1 Å². The summed E-state index contributed by atoms with van der Waals surface area (Å²) in [5, 5.41) is 0. The summed E-state index contributed by atoms with van der Waals surface area (Å²) in [5.74, 6) is 0.689. The Morgan fingerprint density at radius 3 is 2.56 bits per heavy atom. The van der Waals surface area contributed by atoms with Crippen molar-refractivity contribution in [3.63, 3.8) is 0 Å². The van der Waals surface area contributed by atoms with Gasteiger partial charge in [0.1, 0.15) is 5.75 Å². The number of para-hydroxylation sites is 2. The average molecular weight is 365 g/mol. The molecule has 27 heavy (non-hydrogen) atoms. The number of rotatable bonds is 4. The SMILES string of the molecule is Cc1ccc(OCC(=O)N2CCC(n3c(=O)[nH]c4ccccc43)CC2)cc1. The summed E-state index contributed by atoms with van der Waals surface area (Å²) < 4.78 is 7.43. The van der Waals surface area contributed by atoms with Crippen LogP contribution in [0, 0.1) is 6.92 Å². The first-order valence-corrected chi connectivity index (χ1v) is 9.28. The van der Waals surface area contributed by atoms with E-state index in [0.29, 0.717) is 18.8 Å². The number of imidazole rings is 1. The molecule has 1 aliphatic rings. The van der Waals surface area contributed by atoms with Crippen molar-refractivity contribution in [1.29, 1.82) is 0 Å². The maximum absolute atomic E-state index is 12.4. The lowest BCUT2D eigenvalue weighted by Crippen LogP contribution is -2.42. The number of benzene rings is 2. The van der Waals surface area contributed by atoms with E-state index in [1.54, 1.807) is 0 Å². The number of amides is 1. The van der Waals surface area contributed by atoms with Gasteiger partial charge in [0.15, 0.2) is 6.61 Å². The van der Waals surface area contributed by atoms with Crippen LogP contribution in [0.5, 0.6) is 5.75 Å². The highest BCUT2D eigenvalue weighted by Crippen LogP contribution is 2.25. The second kappa shape index (κ2) is 7.31. The van der Waals surface area contributed by atoms with Crippen LogP contribution in [0.4, 0.5) is 0 Å². The summed E-state index contributed by atoms with van der Waals surface area (Å²) in [6.07, 6.45) is 1.52. The van der Waals surface area contributed by atoms with Crippen molar-refractivity contribution in [2.75, 3.05) is 19.7 Å². The maximum Gasteiger partial charge on any atom is 0.326 e. The quantitative estimate of drug-likeness (QED) is 0.773. The van der Waals surface area contributed by atoms with Crippen LogP contribution in [0.25, 0.3) is 11.0 Å². The molecule has 1 fully saturated rings. The minimum atomic E-state index is -0.0799. The molecule has 1 N–H and O–H groups in total. The molecule has 0 aliphatic carbocycles. The van der Waals surface area contributed by atoms with Crippen molar-refractivity contribution in [3.05, 3.63) is 64.6 Å². The number of nitrogens with zero attached hydrogens (tertiary/aromatic N) is 2. The number of nitrogens with one attached hydrogen (secondary N) is 1. The third kappa shape index (κ3) is 3.60. The van der Waals surface area contributed by atoms with Crippen molar-refractivity contribution < 1.29 is 9.53 Å². The predicted octanol–water partition coefficient (Wildman–Crippen LogP) is 2.88. The van der Waals surface area contributed by atoms with Gasteiger partial charge < -0.3 is 14.6 Å². The molecular weight excluding hydrogens is 342 g/mol. The Labute approximate surface area is 157 Å². The zero-order chi connectivity index (χ0) is 18.8. The Hall–Kier alpha value is -3.02. The molecule has 0 bridgehead atoms. The molecule has 4 rings (SSSR count). The predicted molar refractivity (Wildman–Crippen MR) is 104 cm³/mol. The number of carbonyl (C=O) groups excluding carboxylic acids is 1. The molecule has 1 saturated heterocycles. The minimum Gasteiger partial charge on any atom is -0.484 e. The van der Waals surface area contributed by atoms with Gasteiger partial charge in [-0.1, -0.05) is 29.8 Å². The lowest BCUT2D eigenvalue weighted by atomic mass is 10.0. The highest BCUT2D eigenvalue weighted by atomic mass is 16.5. The molecule has 2 aromatic carbocycles. The highest BCUT2D eigenvalue weighted by Gasteiger charge is 2.26. The van der Waals surface area contributed by atoms with E-state index in [2.05, 4.69) is 4.98 Å². The Morgan fingerprint density at radius 2 is 1.81 bits per heavy atom. The molecule has 6 heteroatoms. The third-order valence-electron chi connectivity index (χ3n) is 5.19. The van der Waals surface area contributed by atoms with E-state index in [1.165, 1.54) is 0 Å². The van der Waals surface area contributed by atoms with Crippen molar-refractivity contribution in [3.8, 4) is 5.75 Å². The van der Waals surface area contributed by atoms with Gasteiger partial charge in [0.25, 0.3) is 5.91 Å². The third-order valence-corrected chi connectivity index (χ3v) is 5.19. The Kier molecular flexibility index (Phi) is 4.71. The van der Waals surface area contributed by atoms with E-state index in [-0.39, 0.29) is 24.2 Å². The molecule has 2 heterocycles. The summed E-state index contributed by atoms with van der Waals surface area (Å²) in [4.78, 5) is 29.5. The van der Waals surface area contributed by atoms with Crippen molar-refractivity contribution in [2.24, 2.45) is 0 Å². The smallest absolute Gasteiger partial charge is 0.326 e.